The summed E-state index contributed by atoms with van der Waals surface area (Å²) in [4.78, 5) is 24.3. The summed E-state index contributed by atoms with van der Waals surface area (Å²) in [5.74, 6) is -0.818. The van der Waals surface area contributed by atoms with Crippen molar-refractivity contribution >= 4 is 11.6 Å². The van der Waals surface area contributed by atoms with Crippen LogP contribution in [0.15, 0.2) is 24.4 Å². The van der Waals surface area contributed by atoms with Crippen molar-refractivity contribution in [2.45, 2.75) is 13.0 Å². The van der Waals surface area contributed by atoms with Crippen molar-refractivity contribution in [3.05, 3.63) is 57.1 Å². The van der Waals surface area contributed by atoms with Gasteiger partial charge in [-0.1, -0.05) is 12.1 Å². The monoisotopic (exact) mass is 334 g/mol. The first kappa shape index (κ1) is 16.1. The number of carbonyl (C=O) groups excluding carboxylic acids is 1. The topological polar surface area (TPSA) is 101 Å². The normalized spacial score (nSPS) is 17.8. The van der Waals surface area contributed by atoms with Gasteiger partial charge in [0.2, 0.25) is 5.69 Å². The van der Waals surface area contributed by atoms with Gasteiger partial charge in [-0.2, -0.15) is 5.10 Å². The molecule has 1 N–H and O–H groups in total. The molecule has 0 spiro atoms. The van der Waals surface area contributed by atoms with Crippen LogP contribution in [0, 0.1) is 22.9 Å². The van der Waals surface area contributed by atoms with E-state index in [-0.39, 0.29) is 30.4 Å². The molecule has 0 aliphatic carbocycles. The standard InChI is InChI=1S/C15H15FN4O4/c1-9-6-10(2-3-11(9)16)13-8-19(4-5-24-13)15(21)14-12(20(22)23)7-17-18-14/h2-3,6-7,13H,4-5,8H2,1H3,(H,17,18)/t13-/m1/s1. The molecule has 0 radical (unpaired) electrons. The van der Waals surface area contributed by atoms with E-state index in [1.807, 2.05) is 0 Å². The number of aromatic amines is 1. The predicted octanol–water partition coefficient (Wildman–Crippen LogP) is 1.98. The number of carbonyl (C=O) groups is 1. The van der Waals surface area contributed by atoms with Crippen molar-refractivity contribution in [1.82, 2.24) is 15.1 Å². The number of benzene rings is 1. The van der Waals surface area contributed by atoms with E-state index in [1.165, 1.54) is 11.0 Å². The molecule has 9 heteroatoms. The number of H-pyrrole nitrogens is 1. The van der Waals surface area contributed by atoms with E-state index in [2.05, 4.69) is 10.2 Å². The van der Waals surface area contributed by atoms with E-state index in [4.69, 9.17) is 4.74 Å². The molecular weight excluding hydrogens is 319 g/mol. The maximum absolute atomic E-state index is 13.4. The number of rotatable bonds is 3. The SMILES string of the molecule is Cc1cc([C@H]2CN(C(=O)c3[nH]ncc3[N+](=O)[O-])CCO2)ccc1F. The van der Waals surface area contributed by atoms with Crippen molar-refractivity contribution < 1.29 is 18.8 Å². The lowest BCUT2D eigenvalue weighted by Crippen LogP contribution is -2.42. The zero-order valence-electron chi connectivity index (χ0n) is 12.9. The zero-order valence-corrected chi connectivity index (χ0v) is 12.9. The highest BCUT2D eigenvalue weighted by atomic mass is 19.1. The van der Waals surface area contributed by atoms with E-state index in [0.29, 0.717) is 12.1 Å². The summed E-state index contributed by atoms with van der Waals surface area (Å²) < 4.78 is 19.1. The number of hydrogen-bond acceptors (Lipinski definition) is 5. The fourth-order valence-corrected chi connectivity index (χ4v) is 2.64. The second-order valence-electron chi connectivity index (χ2n) is 5.51. The van der Waals surface area contributed by atoms with Gasteiger partial charge in [0.25, 0.3) is 5.91 Å². The molecule has 1 fully saturated rings. The lowest BCUT2D eigenvalue weighted by atomic mass is 10.0. The molecule has 1 amide bonds. The maximum Gasteiger partial charge on any atom is 0.319 e. The van der Waals surface area contributed by atoms with Crippen LogP contribution in [-0.4, -0.2) is 45.6 Å². The third-order valence-electron chi connectivity index (χ3n) is 3.94. The Labute approximate surface area is 136 Å². The third kappa shape index (κ3) is 2.98. The molecule has 24 heavy (non-hydrogen) atoms. The Morgan fingerprint density at radius 3 is 3.04 bits per heavy atom. The summed E-state index contributed by atoms with van der Waals surface area (Å²) in [5.41, 5.74) is 0.728. The van der Waals surface area contributed by atoms with Crippen LogP contribution in [0.4, 0.5) is 10.1 Å². The van der Waals surface area contributed by atoms with Crippen molar-refractivity contribution in [2.75, 3.05) is 19.7 Å². The number of nitro groups is 1. The van der Waals surface area contributed by atoms with Crippen LogP contribution >= 0.6 is 0 Å². The highest BCUT2D eigenvalue weighted by Crippen LogP contribution is 2.26. The van der Waals surface area contributed by atoms with E-state index in [0.717, 1.165) is 11.8 Å². The minimum atomic E-state index is -0.655. The summed E-state index contributed by atoms with van der Waals surface area (Å²) >= 11 is 0. The first-order valence-corrected chi connectivity index (χ1v) is 7.32. The van der Waals surface area contributed by atoms with Gasteiger partial charge in [0.15, 0.2) is 0 Å². The molecule has 1 aromatic heterocycles. The average Bonchev–Trinajstić information content (AvgIpc) is 3.07. The number of nitrogens with zero attached hydrogens (tertiary/aromatic N) is 3. The largest absolute Gasteiger partial charge is 0.370 e. The smallest absolute Gasteiger partial charge is 0.319 e. The van der Waals surface area contributed by atoms with Gasteiger partial charge in [-0.25, -0.2) is 4.39 Å². The lowest BCUT2D eigenvalue weighted by molar-refractivity contribution is -0.385. The highest BCUT2D eigenvalue weighted by Gasteiger charge is 2.31. The molecule has 126 valence electrons. The molecule has 0 unspecified atom stereocenters. The Kier molecular flexibility index (Phi) is 4.26. The number of amides is 1. The molecule has 1 aliphatic rings. The van der Waals surface area contributed by atoms with Crippen LogP contribution in [0.2, 0.25) is 0 Å². The lowest BCUT2D eigenvalue weighted by Gasteiger charge is -2.33. The Hall–Kier alpha value is -2.81. The fraction of sp³-hybridized carbons (Fsp3) is 0.333. The molecule has 8 nitrogen and oxygen atoms in total. The van der Waals surface area contributed by atoms with Crippen molar-refractivity contribution in [3.8, 4) is 0 Å². The molecule has 2 heterocycles. The van der Waals surface area contributed by atoms with E-state index in [1.54, 1.807) is 19.1 Å². The van der Waals surface area contributed by atoms with Crippen LogP contribution in [0.5, 0.6) is 0 Å². The number of aromatic nitrogens is 2. The second kappa shape index (κ2) is 6.36. The number of hydrogen-bond donors (Lipinski definition) is 1. The zero-order chi connectivity index (χ0) is 17.3. The predicted molar refractivity (Wildman–Crippen MR) is 81.0 cm³/mol. The molecule has 0 bridgehead atoms. The van der Waals surface area contributed by atoms with Crippen molar-refractivity contribution in [2.24, 2.45) is 0 Å². The summed E-state index contributed by atoms with van der Waals surface area (Å²) in [7, 11) is 0. The summed E-state index contributed by atoms with van der Waals surface area (Å²) in [6.07, 6.45) is 0.595. The van der Waals surface area contributed by atoms with Gasteiger partial charge in [0.1, 0.15) is 18.1 Å². The fourth-order valence-electron chi connectivity index (χ4n) is 2.64. The molecule has 2 aromatic rings. The second-order valence-corrected chi connectivity index (χ2v) is 5.51. The Balaban J connectivity index is 1.80. The van der Waals surface area contributed by atoms with Crippen LogP contribution in [0.3, 0.4) is 0 Å². The van der Waals surface area contributed by atoms with E-state index in [9.17, 15) is 19.3 Å². The van der Waals surface area contributed by atoms with Crippen LogP contribution in [-0.2, 0) is 4.74 Å². The van der Waals surface area contributed by atoms with Crippen LogP contribution in [0.25, 0.3) is 0 Å². The maximum atomic E-state index is 13.4. The number of halogens is 1. The molecule has 1 atom stereocenters. The van der Waals surface area contributed by atoms with Crippen molar-refractivity contribution in [1.29, 1.82) is 0 Å². The van der Waals surface area contributed by atoms with Gasteiger partial charge in [0.05, 0.1) is 18.1 Å². The van der Waals surface area contributed by atoms with Gasteiger partial charge in [-0.05, 0) is 24.1 Å². The van der Waals surface area contributed by atoms with Gasteiger partial charge >= 0.3 is 5.69 Å². The van der Waals surface area contributed by atoms with Gasteiger partial charge in [-0.15, -0.1) is 0 Å². The number of aryl methyl sites for hydroxylation is 1. The quantitative estimate of drug-likeness (QED) is 0.683. The van der Waals surface area contributed by atoms with E-state index < -0.39 is 16.9 Å². The number of nitrogens with one attached hydrogen (secondary N) is 1. The first-order valence-electron chi connectivity index (χ1n) is 7.32. The van der Waals surface area contributed by atoms with Gasteiger partial charge < -0.3 is 9.64 Å². The third-order valence-corrected chi connectivity index (χ3v) is 3.94. The number of morpholine rings is 1. The summed E-state index contributed by atoms with van der Waals surface area (Å²) in [5, 5.41) is 16.9. The molecule has 0 saturated carbocycles. The molecule has 3 rings (SSSR count). The Bertz CT molecular complexity index is 792. The highest BCUT2D eigenvalue weighted by molar-refractivity contribution is 5.96. The van der Waals surface area contributed by atoms with Crippen LogP contribution in [0.1, 0.15) is 27.7 Å². The summed E-state index contributed by atoms with van der Waals surface area (Å²) in [6, 6.07) is 4.64. The molecule has 1 saturated heterocycles. The van der Waals surface area contributed by atoms with Gasteiger partial charge in [0, 0.05) is 6.54 Å². The molecule has 1 aromatic carbocycles. The van der Waals surface area contributed by atoms with Crippen LogP contribution < -0.4 is 0 Å². The summed E-state index contributed by atoms with van der Waals surface area (Å²) in [6.45, 7) is 2.47. The average molecular weight is 334 g/mol. The first-order chi connectivity index (χ1) is 11.5. The minimum absolute atomic E-state index is 0.157. The number of ether oxygens (including phenoxy) is 1. The van der Waals surface area contributed by atoms with E-state index >= 15 is 0 Å². The molecule has 1 aliphatic heterocycles. The molecular formula is C15H15FN4O4. The Morgan fingerprint density at radius 2 is 2.33 bits per heavy atom. The van der Waals surface area contributed by atoms with Crippen molar-refractivity contribution in [3.63, 3.8) is 0 Å². The Morgan fingerprint density at radius 1 is 1.54 bits per heavy atom. The van der Waals surface area contributed by atoms with Gasteiger partial charge in [-0.3, -0.25) is 20.0 Å². The minimum Gasteiger partial charge on any atom is -0.370 e.